The topological polar surface area (TPSA) is 71.0 Å². The zero-order chi connectivity index (χ0) is 23.4. The van der Waals surface area contributed by atoms with Crippen molar-refractivity contribution in [3.05, 3.63) is 28.2 Å². The summed E-state index contributed by atoms with van der Waals surface area (Å²) in [6.45, 7) is 8.37. The number of nitrogens with zero attached hydrogens (tertiary/aromatic N) is 1. The molecule has 1 unspecified atom stereocenters. The summed E-state index contributed by atoms with van der Waals surface area (Å²) in [4.78, 5) is 14.5. The van der Waals surface area contributed by atoms with E-state index in [2.05, 4.69) is 38.3 Å². The molecule has 1 saturated heterocycles. The summed E-state index contributed by atoms with van der Waals surface area (Å²) in [6, 6.07) is 6.17. The van der Waals surface area contributed by atoms with Gasteiger partial charge in [-0.15, -0.1) is 0 Å². The first-order chi connectivity index (χ1) is 15.1. The number of hydrogen-bond donors (Lipinski definition) is 2. The first-order valence-corrected chi connectivity index (χ1v) is 12.7. The number of carbonyl (C=O) groups is 1. The number of aliphatic hydroxyl groups is 1. The average Bonchev–Trinajstić information content (AvgIpc) is 2.72. The molecule has 0 spiro atoms. The van der Waals surface area contributed by atoms with Gasteiger partial charge in [-0.25, -0.2) is 4.79 Å². The third-order valence-corrected chi connectivity index (χ3v) is 7.29. The summed E-state index contributed by atoms with van der Waals surface area (Å²) in [5.41, 5.74) is 0.157. The highest BCUT2D eigenvalue weighted by Gasteiger charge is 2.40. The summed E-state index contributed by atoms with van der Waals surface area (Å²) in [5.74, 6) is 0.835. The maximum absolute atomic E-state index is 12.1. The molecule has 1 aromatic carbocycles. The van der Waals surface area contributed by atoms with E-state index in [9.17, 15) is 9.90 Å². The van der Waals surface area contributed by atoms with Gasteiger partial charge >= 0.3 is 6.09 Å². The fourth-order valence-electron chi connectivity index (χ4n) is 4.95. The molecule has 7 heteroatoms. The minimum Gasteiger partial charge on any atom is -0.496 e. The molecule has 32 heavy (non-hydrogen) atoms. The quantitative estimate of drug-likeness (QED) is 0.548. The lowest BCUT2D eigenvalue weighted by Gasteiger charge is -2.43. The summed E-state index contributed by atoms with van der Waals surface area (Å²) in [7, 11) is 1.67. The Kier molecular flexibility index (Phi) is 8.50. The van der Waals surface area contributed by atoms with E-state index < -0.39 is 5.60 Å². The number of alkyl carbamates (subject to hydrolysis) is 1. The van der Waals surface area contributed by atoms with Gasteiger partial charge in [-0.3, -0.25) is 0 Å². The largest absolute Gasteiger partial charge is 0.496 e. The second-order valence-corrected chi connectivity index (χ2v) is 11.2. The Morgan fingerprint density at radius 3 is 2.47 bits per heavy atom. The van der Waals surface area contributed by atoms with Crippen LogP contribution in [0.25, 0.3) is 0 Å². The highest BCUT2D eigenvalue weighted by Crippen LogP contribution is 2.42. The molecule has 180 valence electrons. The molecule has 2 aliphatic rings. The molecule has 1 saturated carbocycles. The van der Waals surface area contributed by atoms with Gasteiger partial charge in [-0.05, 0) is 80.1 Å². The van der Waals surface area contributed by atoms with Gasteiger partial charge in [-0.1, -0.05) is 25.3 Å². The monoisotopic (exact) mass is 510 g/mol. The molecule has 1 heterocycles. The zero-order valence-electron chi connectivity index (χ0n) is 20.0. The van der Waals surface area contributed by atoms with Crippen LogP contribution in [-0.4, -0.2) is 60.1 Å². The third kappa shape index (κ3) is 6.84. The van der Waals surface area contributed by atoms with Crippen molar-refractivity contribution in [2.24, 2.45) is 0 Å². The molecule has 0 bridgehead atoms. The number of carbonyl (C=O) groups excluding carboxylic acids is 1. The molecule has 2 N–H and O–H groups in total. The zero-order valence-corrected chi connectivity index (χ0v) is 21.5. The normalized spacial score (nSPS) is 21.1. The Hall–Kier alpha value is -1.31. The van der Waals surface area contributed by atoms with E-state index in [4.69, 9.17) is 9.47 Å². The van der Waals surface area contributed by atoms with Crippen molar-refractivity contribution in [2.45, 2.75) is 88.9 Å². The predicted molar refractivity (Wildman–Crippen MR) is 130 cm³/mol. The van der Waals surface area contributed by atoms with E-state index in [1.165, 1.54) is 6.42 Å². The van der Waals surface area contributed by atoms with Crippen LogP contribution in [0.4, 0.5) is 4.79 Å². The Bertz CT molecular complexity index is 766. The van der Waals surface area contributed by atoms with E-state index in [-0.39, 0.29) is 23.7 Å². The second kappa shape index (κ2) is 10.7. The molecule has 2 fully saturated rings. The van der Waals surface area contributed by atoms with Gasteiger partial charge < -0.3 is 24.8 Å². The minimum absolute atomic E-state index is 0.0339. The summed E-state index contributed by atoms with van der Waals surface area (Å²) in [6.07, 6.45) is 6.26. The number of rotatable bonds is 6. The number of benzene rings is 1. The standard InChI is InChI=1S/C25H39BrN2O4/c1-24(2,3)27-23(29)32-19-10-14-28(15-11-19)17-20(25(30)12-6-5-7-13-25)18-8-9-22(31-4)21(26)16-18/h8-9,16,19-20,30H,5-7,10-15,17H2,1-4H3,(H,27,29). The van der Waals surface area contributed by atoms with Gasteiger partial charge in [0.2, 0.25) is 0 Å². The maximum atomic E-state index is 12.1. The average molecular weight is 512 g/mol. The van der Waals surface area contributed by atoms with E-state index >= 15 is 0 Å². The third-order valence-electron chi connectivity index (χ3n) is 6.67. The van der Waals surface area contributed by atoms with Crippen LogP contribution in [0.5, 0.6) is 5.75 Å². The van der Waals surface area contributed by atoms with Crippen molar-refractivity contribution >= 4 is 22.0 Å². The molecule has 0 radical (unpaired) electrons. The van der Waals surface area contributed by atoms with Crippen LogP contribution in [0.3, 0.4) is 0 Å². The van der Waals surface area contributed by atoms with Gasteiger partial charge in [0.05, 0.1) is 17.2 Å². The number of methoxy groups -OCH3 is 1. The van der Waals surface area contributed by atoms with Crippen LogP contribution in [-0.2, 0) is 4.74 Å². The molecule has 1 amide bonds. The van der Waals surface area contributed by atoms with Crippen LogP contribution in [0.1, 0.15) is 77.2 Å². The number of piperidine rings is 1. The van der Waals surface area contributed by atoms with E-state index in [1.54, 1.807) is 7.11 Å². The lowest BCUT2D eigenvalue weighted by Crippen LogP contribution is -2.48. The van der Waals surface area contributed by atoms with Crippen molar-refractivity contribution < 1.29 is 19.4 Å². The van der Waals surface area contributed by atoms with Crippen LogP contribution in [0.2, 0.25) is 0 Å². The number of amides is 1. The fraction of sp³-hybridized carbons (Fsp3) is 0.720. The lowest BCUT2D eigenvalue weighted by atomic mass is 9.72. The van der Waals surface area contributed by atoms with Crippen molar-refractivity contribution in [1.82, 2.24) is 10.2 Å². The smallest absolute Gasteiger partial charge is 0.407 e. The lowest BCUT2D eigenvalue weighted by molar-refractivity contribution is -0.0359. The van der Waals surface area contributed by atoms with Crippen molar-refractivity contribution in [3.8, 4) is 5.75 Å². The number of likely N-dealkylation sites (tertiary alicyclic amines) is 1. The Morgan fingerprint density at radius 2 is 1.91 bits per heavy atom. The van der Waals surface area contributed by atoms with E-state index in [1.807, 2.05) is 26.8 Å². The Balaban J connectivity index is 1.66. The fourth-order valence-corrected chi connectivity index (χ4v) is 5.51. The highest BCUT2D eigenvalue weighted by molar-refractivity contribution is 9.10. The first-order valence-electron chi connectivity index (χ1n) is 11.9. The Labute approximate surface area is 201 Å². The van der Waals surface area contributed by atoms with Crippen LogP contribution in [0, 0.1) is 0 Å². The van der Waals surface area contributed by atoms with Gasteiger partial charge in [0, 0.05) is 31.1 Å². The van der Waals surface area contributed by atoms with Crippen LogP contribution < -0.4 is 10.1 Å². The predicted octanol–water partition coefficient (Wildman–Crippen LogP) is 5.23. The van der Waals surface area contributed by atoms with E-state index in [0.717, 1.165) is 73.9 Å². The summed E-state index contributed by atoms with van der Waals surface area (Å²) < 4.78 is 12.0. The molecule has 1 atom stereocenters. The molecule has 1 aliphatic carbocycles. The molecule has 1 aromatic rings. The molecular weight excluding hydrogens is 472 g/mol. The molecule has 6 nitrogen and oxygen atoms in total. The maximum Gasteiger partial charge on any atom is 0.407 e. The summed E-state index contributed by atoms with van der Waals surface area (Å²) >= 11 is 3.62. The summed E-state index contributed by atoms with van der Waals surface area (Å²) in [5, 5.41) is 14.5. The Morgan fingerprint density at radius 1 is 1.25 bits per heavy atom. The number of nitrogens with one attached hydrogen (secondary N) is 1. The van der Waals surface area contributed by atoms with E-state index in [0.29, 0.717) is 0 Å². The van der Waals surface area contributed by atoms with Crippen LogP contribution in [0.15, 0.2) is 22.7 Å². The van der Waals surface area contributed by atoms with Gasteiger partial charge in [-0.2, -0.15) is 0 Å². The van der Waals surface area contributed by atoms with Crippen molar-refractivity contribution in [3.63, 3.8) is 0 Å². The molecule has 1 aliphatic heterocycles. The molecular formula is C25H39BrN2O4. The van der Waals surface area contributed by atoms with Crippen LogP contribution >= 0.6 is 15.9 Å². The molecule has 3 rings (SSSR count). The molecule has 0 aromatic heterocycles. The first kappa shape index (κ1) is 25.3. The minimum atomic E-state index is -0.688. The van der Waals surface area contributed by atoms with Crippen molar-refractivity contribution in [2.75, 3.05) is 26.7 Å². The second-order valence-electron chi connectivity index (χ2n) is 10.4. The highest BCUT2D eigenvalue weighted by atomic mass is 79.9. The van der Waals surface area contributed by atoms with Gasteiger partial charge in [0.1, 0.15) is 11.9 Å². The number of halogens is 1. The van der Waals surface area contributed by atoms with Crippen molar-refractivity contribution in [1.29, 1.82) is 0 Å². The number of hydrogen-bond acceptors (Lipinski definition) is 5. The van der Waals surface area contributed by atoms with Gasteiger partial charge in [0.15, 0.2) is 0 Å². The van der Waals surface area contributed by atoms with Gasteiger partial charge in [0.25, 0.3) is 0 Å². The SMILES string of the molecule is COc1ccc(C(CN2CCC(OC(=O)NC(C)(C)C)CC2)C2(O)CCCCC2)cc1Br. The number of ether oxygens (including phenoxy) is 2.